The number of nitrogens with zero attached hydrogens (tertiary/aromatic N) is 2. The molecular formula is C11H12N4O2. The van der Waals surface area contributed by atoms with Crippen molar-refractivity contribution in [3.8, 4) is 6.07 Å². The van der Waals surface area contributed by atoms with Gasteiger partial charge in [0.1, 0.15) is 5.69 Å². The van der Waals surface area contributed by atoms with Crippen molar-refractivity contribution in [3.63, 3.8) is 0 Å². The van der Waals surface area contributed by atoms with Gasteiger partial charge in [0.15, 0.2) is 0 Å². The van der Waals surface area contributed by atoms with Crippen LogP contribution in [0.25, 0.3) is 0 Å². The number of anilines is 1. The molecule has 0 saturated heterocycles. The Hall–Kier alpha value is -2.13. The number of benzene rings is 1. The Kier molecular flexibility index (Phi) is 2.93. The van der Waals surface area contributed by atoms with Crippen molar-refractivity contribution >= 4 is 11.4 Å². The van der Waals surface area contributed by atoms with Gasteiger partial charge in [-0.25, -0.2) is 0 Å². The van der Waals surface area contributed by atoms with Crippen LogP contribution in [0.15, 0.2) is 18.2 Å². The van der Waals surface area contributed by atoms with Crippen molar-refractivity contribution < 1.29 is 4.92 Å². The van der Waals surface area contributed by atoms with E-state index in [0.717, 1.165) is 12.8 Å². The molecule has 17 heavy (non-hydrogen) atoms. The molecule has 0 amide bonds. The van der Waals surface area contributed by atoms with Gasteiger partial charge in [0.05, 0.1) is 16.6 Å². The zero-order valence-corrected chi connectivity index (χ0v) is 9.09. The predicted octanol–water partition coefficient (Wildman–Crippen LogP) is 1.37. The number of nitro benzene ring substituents is 1. The summed E-state index contributed by atoms with van der Waals surface area (Å²) < 4.78 is 0. The summed E-state index contributed by atoms with van der Waals surface area (Å²) in [5.74, 6) is 0. The van der Waals surface area contributed by atoms with Crippen LogP contribution in [-0.2, 0) is 0 Å². The van der Waals surface area contributed by atoms with Crippen molar-refractivity contribution in [1.29, 1.82) is 5.26 Å². The van der Waals surface area contributed by atoms with Gasteiger partial charge in [-0.05, 0) is 25.0 Å². The zero-order valence-electron chi connectivity index (χ0n) is 9.09. The molecule has 0 bridgehead atoms. The van der Waals surface area contributed by atoms with Gasteiger partial charge in [0.25, 0.3) is 5.69 Å². The maximum Gasteiger partial charge on any atom is 0.292 e. The molecule has 1 aliphatic rings. The fourth-order valence-electron chi connectivity index (χ4n) is 1.88. The number of nitrogens with one attached hydrogen (secondary N) is 1. The maximum absolute atomic E-state index is 10.8. The van der Waals surface area contributed by atoms with Gasteiger partial charge in [0.2, 0.25) is 0 Å². The van der Waals surface area contributed by atoms with Crippen molar-refractivity contribution in [2.24, 2.45) is 5.73 Å². The van der Waals surface area contributed by atoms with Gasteiger partial charge in [0, 0.05) is 18.2 Å². The lowest BCUT2D eigenvalue weighted by Crippen LogP contribution is -2.44. The first-order valence-electron chi connectivity index (χ1n) is 5.31. The predicted molar refractivity (Wildman–Crippen MR) is 62.4 cm³/mol. The Morgan fingerprint density at radius 2 is 2.24 bits per heavy atom. The number of nitriles is 1. The highest BCUT2D eigenvalue weighted by Gasteiger charge is 2.27. The second-order valence-corrected chi connectivity index (χ2v) is 4.17. The number of rotatable bonds is 3. The molecule has 0 radical (unpaired) electrons. The molecule has 0 atom stereocenters. The molecule has 1 aromatic rings. The molecule has 88 valence electrons. The lowest BCUT2D eigenvalue weighted by atomic mass is 9.87. The van der Waals surface area contributed by atoms with E-state index in [2.05, 4.69) is 5.32 Å². The summed E-state index contributed by atoms with van der Waals surface area (Å²) in [5, 5.41) is 22.7. The maximum atomic E-state index is 10.8. The largest absolute Gasteiger partial charge is 0.377 e. The van der Waals surface area contributed by atoms with Crippen LogP contribution in [0.3, 0.4) is 0 Å². The average molecular weight is 232 g/mol. The van der Waals surface area contributed by atoms with E-state index in [1.807, 2.05) is 6.07 Å². The first-order valence-corrected chi connectivity index (χ1v) is 5.31. The zero-order chi connectivity index (χ0) is 12.4. The van der Waals surface area contributed by atoms with Crippen LogP contribution in [0.2, 0.25) is 0 Å². The molecule has 1 saturated carbocycles. The molecule has 1 aromatic carbocycles. The normalized spacial score (nSPS) is 22.4. The average Bonchev–Trinajstić information content (AvgIpc) is 2.26. The molecule has 6 nitrogen and oxygen atoms in total. The van der Waals surface area contributed by atoms with Gasteiger partial charge in [-0.2, -0.15) is 5.26 Å². The summed E-state index contributed by atoms with van der Waals surface area (Å²) >= 11 is 0. The lowest BCUT2D eigenvalue weighted by molar-refractivity contribution is -0.384. The van der Waals surface area contributed by atoms with E-state index < -0.39 is 4.92 Å². The third kappa shape index (κ3) is 2.34. The number of hydrogen-bond donors (Lipinski definition) is 2. The monoisotopic (exact) mass is 232 g/mol. The van der Waals surface area contributed by atoms with Crippen molar-refractivity contribution in [1.82, 2.24) is 0 Å². The molecule has 0 aliphatic heterocycles. The van der Waals surface area contributed by atoms with Crippen LogP contribution in [-0.4, -0.2) is 17.0 Å². The molecule has 0 aromatic heterocycles. The van der Waals surface area contributed by atoms with E-state index in [9.17, 15) is 10.1 Å². The summed E-state index contributed by atoms with van der Waals surface area (Å²) in [5.41, 5.74) is 6.44. The van der Waals surface area contributed by atoms with Crippen LogP contribution in [0, 0.1) is 21.4 Å². The Bertz CT molecular complexity index is 489. The quantitative estimate of drug-likeness (QED) is 0.604. The minimum atomic E-state index is -0.456. The SMILES string of the molecule is N#Cc1ccc([N+](=O)[O-])c(NC2CC(N)C2)c1. The van der Waals surface area contributed by atoms with Crippen molar-refractivity contribution in [2.45, 2.75) is 24.9 Å². The Balaban J connectivity index is 2.23. The molecule has 3 N–H and O–H groups in total. The highest BCUT2D eigenvalue weighted by Crippen LogP contribution is 2.29. The standard InChI is InChI=1S/C11H12N4O2/c12-6-7-1-2-11(15(16)17)10(3-7)14-9-4-8(13)5-9/h1-3,8-9,14H,4-5,13H2. The van der Waals surface area contributed by atoms with Gasteiger partial charge < -0.3 is 11.1 Å². The Morgan fingerprint density at radius 3 is 2.76 bits per heavy atom. The molecule has 6 heteroatoms. The minimum Gasteiger partial charge on any atom is -0.377 e. The molecule has 0 heterocycles. The summed E-state index contributed by atoms with van der Waals surface area (Å²) in [4.78, 5) is 10.4. The molecule has 0 unspecified atom stereocenters. The number of hydrogen-bond acceptors (Lipinski definition) is 5. The number of nitro groups is 1. The van der Waals surface area contributed by atoms with Gasteiger partial charge >= 0.3 is 0 Å². The Labute approximate surface area is 98.2 Å². The van der Waals surface area contributed by atoms with Crippen molar-refractivity contribution in [3.05, 3.63) is 33.9 Å². The lowest BCUT2D eigenvalue weighted by Gasteiger charge is -2.33. The van der Waals surface area contributed by atoms with Crippen LogP contribution in [0.5, 0.6) is 0 Å². The van der Waals surface area contributed by atoms with E-state index in [-0.39, 0.29) is 17.8 Å². The third-order valence-electron chi connectivity index (χ3n) is 2.86. The summed E-state index contributed by atoms with van der Waals surface area (Å²) in [6.07, 6.45) is 1.60. The molecule has 1 aliphatic carbocycles. The fraction of sp³-hybridized carbons (Fsp3) is 0.364. The minimum absolute atomic E-state index is 0.00975. The highest BCUT2D eigenvalue weighted by atomic mass is 16.6. The molecular weight excluding hydrogens is 220 g/mol. The third-order valence-corrected chi connectivity index (χ3v) is 2.86. The van der Waals surface area contributed by atoms with Crippen molar-refractivity contribution in [2.75, 3.05) is 5.32 Å². The van der Waals surface area contributed by atoms with Gasteiger partial charge in [-0.15, -0.1) is 0 Å². The van der Waals surface area contributed by atoms with Crippen LogP contribution in [0.4, 0.5) is 11.4 Å². The summed E-state index contributed by atoms with van der Waals surface area (Å²) in [7, 11) is 0. The first kappa shape index (κ1) is 11.4. The van der Waals surface area contributed by atoms with E-state index in [0.29, 0.717) is 11.3 Å². The topological polar surface area (TPSA) is 105 Å². The van der Waals surface area contributed by atoms with Gasteiger partial charge in [-0.3, -0.25) is 10.1 Å². The summed E-state index contributed by atoms with van der Waals surface area (Å²) in [6.45, 7) is 0. The second-order valence-electron chi connectivity index (χ2n) is 4.17. The van der Waals surface area contributed by atoms with E-state index in [1.165, 1.54) is 18.2 Å². The first-order chi connectivity index (χ1) is 8.10. The highest BCUT2D eigenvalue weighted by molar-refractivity contribution is 5.65. The van der Waals surface area contributed by atoms with E-state index in [4.69, 9.17) is 11.0 Å². The molecule has 1 fully saturated rings. The summed E-state index contributed by atoms with van der Waals surface area (Å²) in [6, 6.07) is 6.59. The van der Waals surface area contributed by atoms with Gasteiger partial charge in [-0.1, -0.05) is 0 Å². The smallest absolute Gasteiger partial charge is 0.292 e. The van der Waals surface area contributed by atoms with E-state index >= 15 is 0 Å². The fourth-order valence-corrected chi connectivity index (χ4v) is 1.88. The van der Waals surface area contributed by atoms with Crippen LogP contribution < -0.4 is 11.1 Å². The molecule has 2 rings (SSSR count). The Morgan fingerprint density at radius 1 is 1.53 bits per heavy atom. The van der Waals surface area contributed by atoms with Crippen LogP contribution >= 0.6 is 0 Å². The van der Waals surface area contributed by atoms with E-state index in [1.54, 1.807) is 0 Å². The second kappa shape index (κ2) is 4.39. The molecule has 0 spiro atoms. The van der Waals surface area contributed by atoms with Crippen LogP contribution in [0.1, 0.15) is 18.4 Å². The number of nitrogens with two attached hydrogens (primary N) is 1.